The van der Waals surface area contributed by atoms with Crippen molar-refractivity contribution in [2.24, 2.45) is 5.92 Å². The minimum atomic E-state index is -0.729. The fourth-order valence-electron chi connectivity index (χ4n) is 2.26. The van der Waals surface area contributed by atoms with E-state index in [1.54, 1.807) is 6.07 Å². The lowest BCUT2D eigenvalue weighted by atomic mass is 9.95. The monoisotopic (exact) mass is 235 g/mol. The molecule has 4 heteroatoms. The number of carbonyl (C=O) groups is 1. The van der Waals surface area contributed by atoms with Crippen molar-refractivity contribution in [3.63, 3.8) is 0 Å². The summed E-state index contributed by atoms with van der Waals surface area (Å²) in [5.41, 5.74) is 2.04. The number of aliphatic carboxylic acids is 1. The maximum absolute atomic E-state index is 10.5. The lowest BCUT2D eigenvalue weighted by Gasteiger charge is -2.38. The van der Waals surface area contributed by atoms with Crippen molar-refractivity contribution >= 4 is 5.97 Å². The largest absolute Gasteiger partial charge is 0.508 e. The maximum atomic E-state index is 10.5. The van der Waals surface area contributed by atoms with Gasteiger partial charge in [0.25, 0.3) is 0 Å². The smallest absolute Gasteiger partial charge is 0.303 e. The highest BCUT2D eigenvalue weighted by Gasteiger charge is 2.28. The number of likely N-dealkylation sites (tertiary alicyclic amines) is 1. The van der Waals surface area contributed by atoms with Gasteiger partial charge in [0, 0.05) is 25.2 Å². The molecular formula is C13H17NO3. The van der Waals surface area contributed by atoms with Gasteiger partial charge in [-0.2, -0.15) is 0 Å². The lowest BCUT2D eigenvalue weighted by Crippen LogP contribution is -2.46. The molecule has 1 fully saturated rings. The molecule has 0 spiro atoms. The van der Waals surface area contributed by atoms with Crippen LogP contribution >= 0.6 is 0 Å². The van der Waals surface area contributed by atoms with Crippen LogP contribution in [0.15, 0.2) is 18.2 Å². The zero-order valence-corrected chi connectivity index (χ0v) is 9.89. The average Bonchev–Trinajstić information content (AvgIpc) is 2.19. The molecule has 2 rings (SSSR count). The number of phenolic OH excluding ortho intramolecular Hbond substituents is 1. The quantitative estimate of drug-likeness (QED) is 0.832. The Balaban J connectivity index is 1.87. The fraction of sp³-hybridized carbons (Fsp3) is 0.462. The third kappa shape index (κ3) is 2.97. The zero-order chi connectivity index (χ0) is 12.4. The fourth-order valence-corrected chi connectivity index (χ4v) is 2.26. The number of carboxylic acids is 1. The molecule has 1 aromatic carbocycles. The number of carboxylic acid groups (broad SMARTS) is 1. The second-order valence-corrected chi connectivity index (χ2v) is 4.79. The van der Waals surface area contributed by atoms with Gasteiger partial charge >= 0.3 is 5.97 Å². The highest BCUT2D eigenvalue weighted by atomic mass is 16.4. The predicted molar refractivity (Wildman–Crippen MR) is 63.9 cm³/mol. The number of aromatic hydroxyl groups is 1. The molecule has 0 aromatic heterocycles. The summed E-state index contributed by atoms with van der Waals surface area (Å²) in [5.74, 6) is -0.148. The van der Waals surface area contributed by atoms with Crippen LogP contribution in [-0.2, 0) is 11.3 Å². The molecule has 0 unspecified atom stereocenters. The van der Waals surface area contributed by atoms with E-state index in [0.717, 1.165) is 24.2 Å². The Bertz CT molecular complexity index is 425. The first kappa shape index (κ1) is 11.9. The van der Waals surface area contributed by atoms with Gasteiger partial charge in [-0.3, -0.25) is 9.69 Å². The average molecular weight is 235 g/mol. The van der Waals surface area contributed by atoms with E-state index in [1.165, 1.54) is 0 Å². The molecule has 4 nitrogen and oxygen atoms in total. The van der Waals surface area contributed by atoms with Gasteiger partial charge in [0.15, 0.2) is 0 Å². The first-order valence-electron chi connectivity index (χ1n) is 5.77. The first-order chi connectivity index (χ1) is 8.04. The van der Waals surface area contributed by atoms with Crippen LogP contribution in [0.1, 0.15) is 17.5 Å². The zero-order valence-electron chi connectivity index (χ0n) is 9.89. The Morgan fingerprint density at radius 1 is 1.47 bits per heavy atom. The number of rotatable bonds is 4. The summed E-state index contributed by atoms with van der Waals surface area (Å²) < 4.78 is 0. The molecule has 0 amide bonds. The normalized spacial score (nSPS) is 16.8. The second-order valence-electron chi connectivity index (χ2n) is 4.79. The van der Waals surface area contributed by atoms with E-state index in [2.05, 4.69) is 4.90 Å². The van der Waals surface area contributed by atoms with Crippen LogP contribution in [0.3, 0.4) is 0 Å². The van der Waals surface area contributed by atoms with Crippen molar-refractivity contribution in [3.8, 4) is 5.75 Å². The van der Waals surface area contributed by atoms with Crippen molar-refractivity contribution in [3.05, 3.63) is 29.3 Å². The van der Waals surface area contributed by atoms with Gasteiger partial charge in [-0.05, 0) is 18.9 Å². The molecule has 1 saturated heterocycles. The number of nitrogens with zero attached hydrogens (tertiary/aromatic N) is 1. The molecule has 2 N–H and O–H groups in total. The Hall–Kier alpha value is -1.55. The summed E-state index contributed by atoms with van der Waals surface area (Å²) in [6.45, 7) is 4.30. The van der Waals surface area contributed by atoms with Crippen LogP contribution in [0, 0.1) is 12.8 Å². The molecule has 0 bridgehead atoms. The molecule has 0 saturated carbocycles. The van der Waals surface area contributed by atoms with Crippen LogP contribution in [-0.4, -0.2) is 34.2 Å². The molecule has 1 aliphatic heterocycles. The van der Waals surface area contributed by atoms with E-state index in [4.69, 9.17) is 5.11 Å². The van der Waals surface area contributed by atoms with Crippen LogP contribution in [0.25, 0.3) is 0 Å². The summed E-state index contributed by atoms with van der Waals surface area (Å²) >= 11 is 0. The van der Waals surface area contributed by atoms with E-state index in [9.17, 15) is 9.90 Å². The van der Waals surface area contributed by atoms with Crippen LogP contribution in [0.4, 0.5) is 0 Å². The van der Waals surface area contributed by atoms with E-state index in [-0.39, 0.29) is 12.3 Å². The molecule has 0 aliphatic carbocycles. The molecule has 0 atom stereocenters. The maximum Gasteiger partial charge on any atom is 0.303 e. The molecule has 1 heterocycles. The van der Waals surface area contributed by atoms with Crippen molar-refractivity contribution in [2.75, 3.05) is 13.1 Å². The number of hydrogen-bond donors (Lipinski definition) is 2. The summed E-state index contributed by atoms with van der Waals surface area (Å²) in [6.07, 6.45) is 0.246. The summed E-state index contributed by atoms with van der Waals surface area (Å²) in [4.78, 5) is 12.7. The third-order valence-corrected chi connectivity index (χ3v) is 3.13. The Labute approximate surface area is 100 Å². The van der Waals surface area contributed by atoms with E-state index in [1.807, 2.05) is 19.1 Å². The van der Waals surface area contributed by atoms with E-state index in [0.29, 0.717) is 12.3 Å². The van der Waals surface area contributed by atoms with Gasteiger partial charge in [-0.1, -0.05) is 17.7 Å². The predicted octanol–water partition coefficient (Wildman–Crippen LogP) is 1.61. The number of benzene rings is 1. The summed E-state index contributed by atoms with van der Waals surface area (Å²) in [5, 5.41) is 18.3. The molecular weight excluding hydrogens is 218 g/mol. The van der Waals surface area contributed by atoms with Crippen LogP contribution in [0.5, 0.6) is 5.75 Å². The number of hydrogen-bond acceptors (Lipinski definition) is 3. The molecule has 0 radical (unpaired) electrons. The third-order valence-electron chi connectivity index (χ3n) is 3.13. The number of phenols is 1. The van der Waals surface area contributed by atoms with Crippen molar-refractivity contribution < 1.29 is 15.0 Å². The molecule has 1 aromatic rings. The topological polar surface area (TPSA) is 60.8 Å². The van der Waals surface area contributed by atoms with E-state index >= 15 is 0 Å². The summed E-state index contributed by atoms with van der Waals surface area (Å²) in [7, 11) is 0. The molecule has 1 aliphatic rings. The van der Waals surface area contributed by atoms with Crippen molar-refractivity contribution in [1.82, 2.24) is 4.90 Å². The standard InChI is InChI=1S/C13H17NO3/c1-9-2-3-12(15)11(4-9)8-14-6-10(7-14)5-13(16)17/h2-4,10,15H,5-8H2,1H3,(H,16,17). The minimum Gasteiger partial charge on any atom is -0.508 e. The molecule has 92 valence electrons. The Morgan fingerprint density at radius 3 is 2.82 bits per heavy atom. The second kappa shape index (κ2) is 4.75. The van der Waals surface area contributed by atoms with Gasteiger partial charge in [-0.15, -0.1) is 0 Å². The minimum absolute atomic E-state index is 0.246. The SMILES string of the molecule is Cc1ccc(O)c(CN2CC(CC(=O)O)C2)c1. The van der Waals surface area contributed by atoms with Crippen molar-refractivity contribution in [2.45, 2.75) is 19.9 Å². The van der Waals surface area contributed by atoms with Crippen LogP contribution < -0.4 is 0 Å². The number of aryl methyl sites for hydroxylation is 1. The highest BCUT2D eigenvalue weighted by Crippen LogP contribution is 2.25. The van der Waals surface area contributed by atoms with Gasteiger partial charge in [0.05, 0.1) is 6.42 Å². The van der Waals surface area contributed by atoms with E-state index < -0.39 is 5.97 Å². The van der Waals surface area contributed by atoms with Gasteiger partial charge in [-0.25, -0.2) is 0 Å². The highest BCUT2D eigenvalue weighted by molar-refractivity contribution is 5.67. The first-order valence-corrected chi connectivity index (χ1v) is 5.77. The molecule has 17 heavy (non-hydrogen) atoms. The lowest BCUT2D eigenvalue weighted by molar-refractivity contribution is -0.139. The van der Waals surface area contributed by atoms with Crippen LogP contribution in [0.2, 0.25) is 0 Å². The van der Waals surface area contributed by atoms with Gasteiger partial charge in [0.2, 0.25) is 0 Å². The van der Waals surface area contributed by atoms with Crippen molar-refractivity contribution in [1.29, 1.82) is 0 Å². The Kier molecular flexibility index (Phi) is 3.33. The summed E-state index contributed by atoms with van der Waals surface area (Å²) in [6, 6.07) is 5.56. The van der Waals surface area contributed by atoms with Gasteiger partial charge in [0.1, 0.15) is 5.75 Å². The Morgan fingerprint density at radius 2 is 2.18 bits per heavy atom. The van der Waals surface area contributed by atoms with Gasteiger partial charge < -0.3 is 10.2 Å².